The Hall–Kier alpha value is -10.8. The summed E-state index contributed by atoms with van der Waals surface area (Å²) in [5.41, 5.74) is 30.1. The second-order valence-corrected chi connectivity index (χ2v) is 24.2. The van der Waals surface area contributed by atoms with E-state index in [2.05, 4.69) is 259 Å². The second-order valence-electron chi connectivity index (χ2n) is 24.2. The molecule has 422 valence electrons. The molecule has 0 aliphatic rings. The number of hydrogen-bond acceptors (Lipinski definition) is 4. The molecule has 15 aromatic rings. The molecule has 0 saturated heterocycles. The van der Waals surface area contributed by atoms with Gasteiger partial charge in [-0.15, -0.1) is 0 Å². The Morgan fingerprint density at radius 2 is 0.591 bits per heavy atom. The van der Waals surface area contributed by atoms with Gasteiger partial charge < -0.3 is 9.13 Å². The normalized spacial score (nSPS) is 11.6. The van der Waals surface area contributed by atoms with Crippen LogP contribution in [-0.4, -0.2) is 29.1 Å². The third-order valence-electron chi connectivity index (χ3n) is 17.3. The van der Waals surface area contributed by atoms with E-state index in [1.807, 2.05) is 48.8 Å². The van der Waals surface area contributed by atoms with Gasteiger partial charge in [0.1, 0.15) is 0 Å². The van der Waals surface area contributed by atoms with Crippen LogP contribution in [0.5, 0.6) is 0 Å². The van der Waals surface area contributed by atoms with Crippen molar-refractivity contribution in [1.82, 2.24) is 29.1 Å². The van der Waals surface area contributed by atoms with Crippen molar-refractivity contribution in [3.63, 3.8) is 0 Å². The van der Waals surface area contributed by atoms with Gasteiger partial charge in [-0.1, -0.05) is 214 Å². The summed E-state index contributed by atoms with van der Waals surface area (Å²) < 4.78 is 4.90. The highest BCUT2D eigenvalue weighted by atomic mass is 15.0. The van der Waals surface area contributed by atoms with Crippen LogP contribution in [0, 0.1) is 55.4 Å². The van der Waals surface area contributed by atoms with Crippen molar-refractivity contribution in [3.8, 4) is 101 Å². The Labute approximate surface area is 513 Å². The van der Waals surface area contributed by atoms with E-state index < -0.39 is 0 Å². The van der Waals surface area contributed by atoms with Crippen LogP contribution in [0.15, 0.2) is 243 Å². The summed E-state index contributed by atoms with van der Waals surface area (Å²) in [5, 5.41) is 4.62. The highest BCUT2D eigenvalue weighted by Crippen LogP contribution is 2.47. The second kappa shape index (κ2) is 21.6. The van der Waals surface area contributed by atoms with Crippen molar-refractivity contribution < 1.29 is 0 Å². The lowest BCUT2D eigenvalue weighted by Gasteiger charge is -2.21. The van der Waals surface area contributed by atoms with Crippen LogP contribution in [0.2, 0.25) is 0 Å². The zero-order valence-corrected chi connectivity index (χ0v) is 50.8. The summed E-state index contributed by atoms with van der Waals surface area (Å²) in [6.45, 7) is 17.5. The summed E-state index contributed by atoms with van der Waals surface area (Å²) in [6, 6.07) is 84.6. The van der Waals surface area contributed by atoms with Crippen molar-refractivity contribution in [2.75, 3.05) is 0 Å². The van der Waals surface area contributed by atoms with Crippen molar-refractivity contribution >= 4 is 43.6 Å². The first-order chi connectivity index (χ1) is 42.8. The minimum atomic E-state index is 0.556. The molecule has 0 saturated carbocycles. The number of aryl methyl sites for hydroxylation is 8. The van der Waals surface area contributed by atoms with Crippen molar-refractivity contribution in [1.29, 1.82) is 0 Å². The fourth-order valence-electron chi connectivity index (χ4n) is 13.7. The number of benzene rings is 11. The van der Waals surface area contributed by atoms with Crippen LogP contribution < -0.4 is 0 Å². The van der Waals surface area contributed by atoms with Gasteiger partial charge in [0.25, 0.3) is 0 Å². The van der Waals surface area contributed by atoms with E-state index in [1.54, 1.807) is 0 Å². The third kappa shape index (κ3) is 9.73. The molecule has 0 N–H and O–H groups in total. The molecule has 0 aliphatic carbocycles. The maximum absolute atomic E-state index is 5.49. The zero-order chi connectivity index (χ0) is 59.9. The summed E-state index contributed by atoms with van der Waals surface area (Å²) >= 11 is 0. The predicted octanol–water partition coefficient (Wildman–Crippen LogP) is 21.3. The Balaban J connectivity index is 1.05. The highest BCUT2D eigenvalue weighted by molar-refractivity contribution is 6.14. The molecular formula is C82H64N6. The molecule has 0 unspecified atom stereocenters. The maximum atomic E-state index is 5.49. The van der Waals surface area contributed by atoms with Crippen molar-refractivity contribution in [2.45, 2.75) is 55.4 Å². The molecular weight excluding hydrogens is 1070 g/mol. The first-order valence-electron chi connectivity index (χ1n) is 30.3. The Morgan fingerprint density at radius 1 is 0.250 bits per heavy atom. The van der Waals surface area contributed by atoms with E-state index >= 15 is 0 Å². The predicted molar refractivity (Wildman–Crippen MR) is 368 cm³/mol. The van der Waals surface area contributed by atoms with Crippen molar-refractivity contribution in [3.05, 3.63) is 287 Å². The maximum Gasteiger partial charge on any atom is 0.164 e. The van der Waals surface area contributed by atoms with Crippen LogP contribution in [0.3, 0.4) is 0 Å². The molecule has 0 fully saturated rings. The van der Waals surface area contributed by atoms with Gasteiger partial charge in [-0.2, -0.15) is 0 Å². The number of nitrogens with zero attached hydrogens (tertiary/aromatic N) is 6. The highest BCUT2D eigenvalue weighted by Gasteiger charge is 2.26. The molecule has 0 amide bonds. The average Bonchev–Trinajstić information content (AvgIpc) is 1.59. The first kappa shape index (κ1) is 53.9. The monoisotopic (exact) mass is 1130 g/mol. The van der Waals surface area contributed by atoms with Crippen LogP contribution in [-0.2, 0) is 0 Å². The smallest absolute Gasteiger partial charge is 0.164 e. The van der Waals surface area contributed by atoms with Gasteiger partial charge in [0.05, 0.1) is 39.6 Å². The Bertz CT molecular complexity index is 4940. The number of fused-ring (bicyclic) bond motifs is 6. The molecule has 15 rings (SSSR count). The third-order valence-corrected chi connectivity index (χ3v) is 17.3. The molecule has 6 nitrogen and oxygen atoms in total. The van der Waals surface area contributed by atoms with Gasteiger partial charge in [-0.05, 0) is 161 Å². The number of pyridine rings is 1. The minimum absolute atomic E-state index is 0.556. The number of aromatic nitrogens is 6. The average molecular weight is 1130 g/mol. The standard InChI is InChI=1S/C82H64N6/c1-49-32-50(2)37-63(36-49)59-22-26-73-69(44-59)70-45-60(64-38-51(3)33-52(4)39-64)23-27-74(70)87(73)77-21-15-20-68(82-85-80(57-16-11-9-12-17-57)84-81(86-82)58-18-13-10-14-19-58)79(77)67-30-31-83-48-78(67)88-75-28-24-61(65-40-53(5)34-54(6)41-65)46-71(75)72-47-62(25-29-76(72)88)66-42-55(7)35-56(8)43-66/h9-48H,1-8H3. The summed E-state index contributed by atoms with van der Waals surface area (Å²) in [7, 11) is 0. The Morgan fingerprint density at radius 3 is 0.955 bits per heavy atom. The molecule has 6 heteroatoms. The largest absolute Gasteiger partial charge is 0.309 e. The van der Waals surface area contributed by atoms with E-state index in [9.17, 15) is 0 Å². The van der Waals surface area contributed by atoms with Gasteiger partial charge in [0.15, 0.2) is 17.5 Å². The van der Waals surface area contributed by atoms with Crippen LogP contribution >= 0.6 is 0 Å². The van der Waals surface area contributed by atoms with E-state index in [0.29, 0.717) is 17.5 Å². The van der Waals surface area contributed by atoms with E-state index in [0.717, 1.165) is 82.8 Å². The molecule has 0 radical (unpaired) electrons. The van der Waals surface area contributed by atoms with Crippen molar-refractivity contribution in [2.24, 2.45) is 0 Å². The molecule has 0 bridgehead atoms. The van der Waals surface area contributed by atoms with Crippen LogP contribution in [0.1, 0.15) is 44.5 Å². The SMILES string of the molecule is Cc1cc(C)cc(-c2ccc3c(c2)c2cc(-c4cc(C)cc(C)c4)ccc2n3-c2cnccc2-c2c(-c3nc(-c4ccccc4)nc(-c4ccccc4)n3)cccc2-n2c3ccc(-c4cc(C)cc(C)c4)cc3c3cc(-c4cc(C)cc(C)c4)ccc32)c1. The molecule has 4 aromatic heterocycles. The summed E-state index contributed by atoms with van der Waals surface area (Å²) in [6.07, 6.45) is 3.97. The van der Waals surface area contributed by atoms with Gasteiger partial charge in [0, 0.05) is 55.6 Å². The van der Waals surface area contributed by atoms with E-state index in [1.165, 1.54) is 89.0 Å². The quantitative estimate of drug-likeness (QED) is 0.137. The minimum Gasteiger partial charge on any atom is -0.309 e. The van der Waals surface area contributed by atoms with Gasteiger partial charge in [-0.3, -0.25) is 4.98 Å². The summed E-state index contributed by atoms with van der Waals surface area (Å²) in [4.78, 5) is 21.2. The molecule has 11 aromatic carbocycles. The number of rotatable bonds is 10. The van der Waals surface area contributed by atoms with Gasteiger partial charge in [0.2, 0.25) is 0 Å². The van der Waals surface area contributed by atoms with Gasteiger partial charge >= 0.3 is 0 Å². The molecule has 88 heavy (non-hydrogen) atoms. The lowest BCUT2D eigenvalue weighted by molar-refractivity contribution is 1.07. The lowest BCUT2D eigenvalue weighted by Crippen LogP contribution is -2.06. The van der Waals surface area contributed by atoms with E-state index in [-0.39, 0.29) is 0 Å². The molecule has 0 atom stereocenters. The fourth-order valence-corrected chi connectivity index (χ4v) is 13.7. The fraction of sp³-hybridized carbons (Fsp3) is 0.0976. The van der Waals surface area contributed by atoms with Crippen LogP contribution in [0.25, 0.3) is 145 Å². The molecule has 0 aliphatic heterocycles. The lowest BCUT2D eigenvalue weighted by atomic mass is 9.95. The molecule has 0 spiro atoms. The zero-order valence-electron chi connectivity index (χ0n) is 50.8. The summed E-state index contributed by atoms with van der Waals surface area (Å²) in [5.74, 6) is 1.74. The van der Waals surface area contributed by atoms with Crippen LogP contribution in [0.4, 0.5) is 0 Å². The van der Waals surface area contributed by atoms with E-state index in [4.69, 9.17) is 19.9 Å². The number of hydrogen-bond donors (Lipinski definition) is 0. The van der Waals surface area contributed by atoms with Gasteiger partial charge in [-0.25, -0.2) is 15.0 Å². The topological polar surface area (TPSA) is 61.4 Å². The Kier molecular flexibility index (Phi) is 13.2. The first-order valence-corrected chi connectivity index (χ1v) is 30.3. The molecule has 4 heterocycles.